The van der Waals surface area contributed by atoms with E-state index in [2.05, 4.69) is 24.9 Å². The van der Waals surface area contributed by atoms with Crippen molar-refractivity contribution in [2.24, 2.45) is 0 Å². The fourth-order valence-corrected chi connectivity index (χ4v) is 4.07. The molecule has 1 N–H and O–H groups in total. The van der Waals surface area contributed by atoms with Crippen molar-refractivity contribution in [3.05, 3.63) is 46.4 Å². The number of nitrogens with one attached hydrogen (secondary N) is 1. The van der Waals surface area contributed by atoms with Gasteiger partial charge in [0.05, 0.1) is 30.0 Å². The summed E-state index contributed by atoms with van der Waals surface area (Å²) < 4.78 is 45.2. The Bertz CT molecular complexity index is 1230. The zero-order valence-corrected chi connectivity index (χ0v) is 17.1. The third-order valence-corrected chi connectivity index (χ3v) is 5.64. The van der Waals surface area contributed by atoms with Crippen LogP contribution < -0.4 is 5.32 Å². The fourth-order valence-electron chi connectivity index (χ4n) is 3.20. The molecule has 0 spiro atoms. The molecule has 0 aliphatic carbocycles. The molecule has 14 heteroatoms. The SMILES string of the molecule is CC(=O)N1CC(c2nsc(C(=O)Nc3cnc(-n4nccn4)c(C#N)c3)c2C(F)(F)F)C1. The lowest BCUT2D eigenvalue weighted by atomic mass is 9.92. The number of nitriles is 1. The Labute approximate surface area is 182 Å². The summed E-state index contributed by atoms with van der Waals surface area (Å²) in [5.41, 5.74) is -1.32. The maximum absolute atomic E-state index is 13.8. The molecule has 0 unspecified atom stereocenters. The minimum atomic E-state index is -4.81. The number of halogens is 3. The predicted molar refractivity (Wildman–Crippen MR) is 104 cm³/mol. The molecule has 1 fully saturated rings. The Morgan fingerprint density at radius 2 is 1.97 bits per heavy atom. The summed E-state index contributed by atoms with van der Waals surface area (Å²) in [4.78, 5) is 29.9. The zero-order valence-electron chi connectivity index (χ0n) is 16.3. The Balaban J connectivity index is 1.60. The molecule has 3 aromatic heterocycles. The first-order chi connectivity index (χ1) is 15.2. The van der Waals surface area contributed by atoms with Gasteiger partial charge in [-0.15, -0.1) is 4.80 Å². The summed E-state index contributed by atoms with van der Waals surface area (Å²) in [5, 5.41) is 19.4. The summed E-state index contributed by atoms with van der Waals surface area (Å²) in [5.74, 6) is -1.76. The summed E-state index contributed by atoms with van der Waals surface area (Å²) >= 11 is 0.434. The highest BCUT2D eigenvalue weighted by molar-refractivity contribution is 7.08. The number of nitrogens with zero attached hydrogens (tertiary/aromatic N) is 7. The van der Waals surface area contributed by atoms with Crippen LogP contribution in [0.25, 0.3) is 5.82 Å². The lowest BCUT2D eigenvalue weighted by Gasteiger charge is -2.38. The van der Waals surface area contributed by atoms with Gasteiger partial charge in [-0.2, -0.15) is 33.0 Å². The van der Waals surface area contributed by atoms with Gasteiger partial charge in [-0.1, -0.05) is 0 Å². The monoisotopic (exact) mass is 462 g/mol. The minimum Gasteiger partial charge on any atom is -0.341 e. The van der Waals surface area contributed by atoms with Gasteiger partial charge in [-0.25, -0.2) is 4.98 Å². The highest BCUT2D eigenvalue weighted by Gasteiger charge is 2.45. The number of pyridine rings is 1. The van der Waals surface area contributed by atoms with Crippen LogP contribution in [0.15, 0.2) is 24.7 Å². The molecule has 1 saturated heterocycles. The number of hydrogen-bond donors (Lipinski definition) is 1. The number of amides is 2. The highest BCUT2D eigenvalue weighted by atomic mass is 32.1. The fraction of sp³-hybridized carbons (Fsp3) is 0.278. The van der Waals surface area contributed by atoms with Gasteiger partial charge in [0.2, 0.25) is 5.91 Å². The van der Waals surface area contributed by atoms with Gasteiger partial charge in [0.25, 0.3) is 5.91 Å². The van der Waals surface area contributed by atoms with Crippen LogP contribution >= 0.6 is 11.5 Å². The first-order valence-corrected chi connectivity index (χ1v) is 9.86. The second-order valence-corrected chi connectivity index (χ2v) is 7.64. The standard InChI is InChI=1S/C18H13F3N8O2S/c1-9(30)28-7-11(8-28)14-13(18(19,20)21)15(32-27-14)17(31)26-12-4-10(5-22)16(23-6-12)29-24-2-3-25-29/h2-4,6,11H,7-8H2,1H3,(H,26,31). The number of carbonyl (C=O) groups excluding carboxylic acids is 2. The highest BCUT2D eigenvalue weighted by Crippen LogP contribution is 2.42. The summed E-state index contributed by atoms with van der Waals surface area (Å²) in [6, 6.07) is 3.14. The van der Waals surface area contributed by atoms with E-state index in [4.69, 9.17) is 0 Å². The Kier molecular flexibility index (Phi) is 5.35. The molecule has 4 rings (SSSR count). The van der Waals surface area contributed by atoms with Gasteiger partial charge >= 0.3 is 6.18 Å². The van der Waals surface area contributed by atoms with Crippen molar-refractivity contribution in [1.82, 2.24) is 29.3 Å². The normalized spacial score (nSPS) is 14.0. The van der Waals surface area contributed by atoms with Crippen molar-refractivity contribution in [2.75, 3.05) is 18.4 Å². The Hall–Kier alpha value is -3.86. The lowest BCUT2D eigenvalue weighted by molar-refractivity contribution is -0.139. The molecule has 4 heterocycles. The third kappa shape index (κ3) is 3.89. The second-order valence-electron chi connectivity index (χ2n) is 6.87. The topological polar surface area (TPSA) is 130 Å². The largest absolute Gasteiger partial charge is 0.419 e. The van der Waals surface area contributed by atoms with Gasteiger partial charge in [0, 0.05) is 25.9 Å². The zero-order chi connectivity index (χ0) is 23.0. The number of rotatable bonds is 4. The van der Waals surface area contributed by atoms with Gasteiger partial charge in [0.1, 0.15) is 22.1 Å². The minimum absolute atomic E-state index is 0.0128. The Morgan fingerprint density at radius 1 is 1.28 bits per heavy atom. The molecule has 1 aliphatic rings. The number of alkyl halides is 3. The van der Waals surface area contributed by atoms with Crippen molar-refractivity contribution < 1.29 is 22.8 Å². The first-order valence-electron chi connectivity index (χ1n) is 9.09. The molecular formula is C18H13F3N8O2S. The van der Waals surface area contributed by atoms with Gasteiger partial charge < -0.3 is 10.2 Å². The molecule has 0 radical (unpaired) electrons. The van der Waals surface area contributed by atoms with Crippen LogP contribution in [0.3, 0.4) is 0 Å². The van der Waals surface area contributed by atoms with Crippen molar-refractivity contribution >= 4 is 29.0 Å². The number of carbonyl (C=O) groups is 2. The van der Waals surface area contributed by atoms with E-state index in [0.717, 1.165) is 4.80 Å². The van der Waals surface area contributed by atoms with Crippen molar-refractivity contribution in [2.45, 2.75) is 19.0 Å². The van der Waals surface area contributed by atoms with E-state index in [-0.39, 0.29) is 41.8 Å². The van der Waals surface area contributed by atoms with Crippen molar-refractivity contribution in [1.29, 1.82) is 5.26 Å². The maximum Gasteiger partial charge on any atom is 0.419 e. The quantitative estimate of drug-likeness (QED) is 0.629. The van der Waals surface area contributed by atoms with Crippen LogP contribution in [0.2, 0.25) is 0 Å². The molecule has 0 aromatic carbocycles. The molecule has 10 nitrogen and oxygen atoms in total. The van der Waals surface area contributed by atoms with E-state index in [1.165, 1.54) is 36.5 Å². The molecule has 32 heavy (non-hydrogen) atoms. The molecule has 0 atom stereocenters. The van der Waals surface area contributed by atoms with E-state index in [1.54, 1.807) is 0 Å². The first kappa shape index (κ1) is 21.4. The Morgan fingerprint density at radius 3 is 2.56 bits per heavy atom. The molecule has 2 amide bonds. The van der Waals surface area contributed by atoms with Gasteiger partial charge in [-0.3, -0.25) is 9.59 Å². The van der Waals surface area contributed by atoms with Gasteiger partial charge in [0.15, 0.2) is 5.82 Å². The smallest absolute Gasteiger partial charge is 0.341 e. The van der Waals surface area contributed by atoms with Crippen LogP contribution in [-0.2, 0) is 11.0 Å². The van der Waals surface area contributed by atoms with Crippen molar-refractivity contribution in [3.63, 3.8) is 0 Å². The van der Waals surface area contributed by atoms with Gasteiger partial charge in [-0.05, 0) is 17.6 Å². The van der Waals surface area contributed by atoms with E-state index >= 15 is 0 Å². The predicted octanol–water partition coefficient (Wildman–Crippen LogP) is 2.21. The van der Waals surface area contributed by atoms with E-state index in [0.29, 0.717) is 11.5 Å². The molecular weight excluding hydrogens is 449 g/mol. The number of anilines is 1. The van der Waals surface area contributed by atoms with Crippen LogP contribution in [-0.4, -0.2) is 54.2 Å². The van der Waals surface area contributed by atoms with Crippen LogP contribution in [0.5, 0.6) is 0 Å². The van der Waals surface area contributed by atoms with E-state index in [1.807, 2.05) is 6.07 Å². The average Bonchev–Trinajstić information content (AvgIpc) is 3.36. The lowest BCUT2D eigenvalue weighted by Crippen LogP contribution is -2.48. The molecule has 0 saturated carbocycles. The van der Waals surface area contributed by atoms with Crippen LogP contribution in [0, 0.1) is 11.3 Å². The molecule has 3 aromatic rings. The maximum atomic E-state index is 13.8. The average molecular weight is 462 g/mol. The van der Waals surface area contributed by atoms with E-state index < -0.39 is 28.4 Å². The number of hydrogen-bond acceptors (Lipinski definition) is 8. The summed E-state index contributed by atoms with van der Waals surface area (Å²) in [7, 11) is 0. The third-order valence-electron chi connectivity index (χ3n) is 4.77. The number of likely N-dealkylation sites (tertiary alicyclic amines) is 1. The second kappa shape index (κ2) is 8.00. The number of aromatic nitrogens is 5. The van der Waals surface area contributed by atoms with Crippen LogP contribution in [0.1, 0.15) is 39.3 Å². The molecule has 164 valence electrons. The molecule has 1 aliphatic heterocycles. The summed E-state index contributed by atoms with van der Waals surface area (Å²) in [6.45, 7) is 1.56. The van der Waals surface area contributed by atoms with E-state index in [9.17, 15) is 28.0 Å². The summed E-state index contributed by atoms with van der Waals surface area (Å²) in [6.07, 6.45) is -0.854. The van der Waals surface area contributed by atoms with Crippen LogP contribution in [0.4, 0.5) is 18.9 Å². The van der Waals surface area contributed by atoms with Crippen molar-refractivity contribution in [3.8, 4) is 11.9 Å². The molecule has 0 bridgehead atoms.